The third-order valence-corrected chi connectivity index (χ3v) is 3.29. The van der Waals surface area contributed by atoms with Gasteiger partial charge in [0.15, 0.2) is 11.5 Å². The first-order valence-corrected chi connectivity index (χ1v) is 6.53. The SMILES string of the molecule is NC(=O)c1cc(-c2cccc3c2OCCO3)[nH]c1N(N)C=O. The Bertz CT molecular complexity index is 740. The molecule has 3 rings (SSSR count). The molecule has 1 aliphatic rings. The summed E-state index contributed by atoms with van der Waals surface area (Å²) >= 11 is 0. The number of primary amides is 1. The average Bonchev–Trinajstić information content (AvgIpc) is 2.99. The molecule has 0 fully saturated rings. The molecule has 1 aromatic carbocycles. The number of amides is 2. The van der Waals surface area contributed by atoms with E-state index in [1.165, 1.54) is 6.07 Å². The minimum absolute atomic E-state index is 0.110. The zero-order valence-corrected chi connectivity index (χ0v) is 11.5. The highest BCUT2D eigenvalue weighted by Gasteiger charge is 2.22. The summed E-state index contributed by atoms with van der Waals surface area (Å²) in [6, 6.07) is 6.91. The standard InChI is InChI=1S/C14H14N4O4/c15-13(20)9-6-10(17-14(9)18(16)7-19)8-2-1-3-11-12(8)22-5-4-21-11/h1-3,6-7,17H,4-5,16H2,(H2,15,20). The van der Waals surface area contributed by atoms with Crippen LogP contribution >= 0.6 is 0 Å². The second-order valence-corrected chi connectivity index (χ2v) is 4.65. The van der Waals surface area contributed by atoms with Crippen molar-refractivity contribution in [3.63, 3.8) is 0 Å². The van der Waals surface area contributed by atoms with E-state index < -0.39 is 5.91 Å². The first kappa shape index (κ1) is 14.0. The van der Waals surface area contributed by atoms with Crippen molar-refractivity contribution in [1.82, 2.24) is 4.98 Å². The zero-order chi connectivity index (χ0) is 15.7. The molecule has 0 atom stereocenters. The number of nitrogens with one attached hydrogen (secondary N) is 1. The van der Waals surface area contributed by atoms with E-state index in [2.05, 4.69) is 4.98 Å². The lowest BCUT2D eigenvalue weighted by Crippen LogP contribution is -2.31. The van der Waals surface area contributed by atoms with E-state index in [-0.39, 0.29) is 11.4 Å². The second-order valence-electron chi connectivity index (χ2n) is 4.65. The summed E-state index contributed by atoms with van der Waals surface area (Å²) in [5.74, 6) is 6.13. The van der Waals surface area contributed by atoms with E-state index in [1.54, 1.807) is 18.2 Å². The fourth-order valence-corrected chi connectivity index (χ4v) is 2.32. The number of aromatic amines is 1. The van der Waals surface area contributed by atoms with Gasteiger partial charge in [-0.2, -0.15) is 0 Å². The van der Waals surface area contributed by atoms with Gasteiger partial charge in [0.2, 0.25) is 6.41 Å². The van der Waals surface area contributed by atoms with Crippen LogP contribution in [0.2, 0.25) is 0 Å². The smallest absolute Gasteiger partial charge is 0.252 e. The summed E-state index contributed by atoms with van der Waals surface area (Å²) in [6.45, 7) is 0.901. The summed E-state index contributed by atoms with van der Waals surface area (Å²) in [7, 11) is 0. The molecule has 2 aromatic rings. The van der Waals surface area contributed by atoms with E-state index in [0.717, 1.165) is 5.01 Å². The molecule has 0 saturated heterocycles. The van der Waals surface area contributed by atoms with Crippen LogP contribution in [-0.2, 0) is 4.79 Å². The summed E-state index contributed by atoms with van der Waals surface area (Å²) < 4.78 is 11.1. The van der Waals surface area contributed by atoms with E-state index in [1.807, 2.05) is 0 Å². The number of para-hydroxylation sites is 1. The topological polar surface area (TPSA) is 124 Å². The molecule has 0 radical (unpaired) electrons. The first-order valence-electron chi connectivity index (χ1n) is 6.53. The number of nitrogens with two attached hydrogens (primary N) is 2. The van der Waals surface area contributed by atoms with Crippen LogP contribution in [0.4, 0.5) is 5.82 Å². The van der Waals surface area contributed by atoms with Gasteiger partial charge < -0.3 is 20.2 Å². The average molecular weight is 302 g/mol. The maximum Gasteiger partial charge on any atom is 0.252 e. The largest absolute Gasteiger partial charge is 0.486 e. The Morgan fingerprint density at radius 1 is 1.32 bits per heavy atom. The summed E-state index contributed by atoms with van der Waals surface area (Å²) in [5.41, 5.74) is 6.66. The molecule has 0 spiro atoms. The Morgan fingerprint density at radius 2 is 2.09 bits per heavy atom. The quantitative estimate of drug-likeness (QED) is 0.326. The van der Waals surface area contributed by atoms with Crippen LogP contribution in [0, 0.1) is 0 Å². The number of hydrogen-bond acceptors (Lipinski definition) is 5. The molecule has 1 aromatic heterocycles. The van der Waals surface area contributed by atoms with Gasteiger partial charge in [0.05, 0.1) is 11.3 Å². The van der Waals surface area contributed by atoms with Gasteiger partial charge in [0, 0.05) is 5.56 Å². The third kappa shape index (κ3) is 2.25. The second kappa shape index (κ2) is 5.41. The lowest BCUT2D eigenvalue weighted by molar-refractivity contribution is -0.107. The van der Waals surface area contributed by atoms with Crippen molar-refractivity contribution in [1.29, 1.82) is 0 Å². The van der Waals surface area contributed by atoms with Crippen molar-refractivity contribution < 1.29 is 19.1 Å². The molecular formula is C14H14N4O4. The maximum absolute atomic E-state index is 11.5. The Kier molecular flexibility index (Phi) is 3.43. The number of carbonyl (C=O) groups excluding carboxylic acids is 2. The van der Waals surface area contributed by atoms with Gasteiger partial charge in [0.1, 0.15) is 19.0 Å². The molecule has 0 unspecified atom stereocenters. The van der Waals surface area contributed by atoms with Gasteiger partial charge in [0.25, 0.3) is 5.91 Å². The highest BCUT2D eigenvalue weighted by Crippen LogP contribution is 2.40. The van der Waals surface area contributed by atoms with Crippen LogP contribution in [0.5, 0.6) is 11.5 Å². The molecule has 0 aliphatic carbocycles. The summed E-state index contributed by atoms with van der Waals surface area (Å²) in [6.07, 6.45) is 0.377. The number of H-pyrrole nitrogens is 1. The Morgan fingerprint density at radius 3 is 2.82 bits per heavy atom. The molecule has 0 saturated carbocycles. The lowest BCUT2D eigenvalue weighted by atomic mass is 10.1. The van der Waals surface area contributed by atoms with E-state index in [0.29, 0.717) is 42.4 Å². The number of benzene rings is 1. The molecule has 5 N–H and O–H groups in total. The fraction of sp³-hybridized carbons (Fsp3) is 0.143. The number of carbonyl (C=O) groups is 2. The van der Waals surface area contributed by atoms with Crippen molar-refractivity contribution in [3.05, 3.63) is 29.8 Å². The predicted octanol–water partition coefficient (Wildman–Crippen LogP) is 0.388. The molecule has 0 bridgehead atoms. The van der Waals surface area contributed by atoms with E-state index in [4.69, 9.17) is 21.1 Å². The predicted molar refractivity (Wildman–Crippen MR) is 78.5 cm³/mol. The first-order chi connectivity index (χ1) is 10.6. The molecule has 114 valence electrons. The Balaban J connectivity index is 2.13. The van der Waals surface area contributed by atoms with Crippen molar-refractivity contribution in [2.75, 3.05) is 18.2 Å². The highest BCUT2D eigenvalue weighted by atomic mass is 16.6. The highest BCUT2D eigenvalue weighted by molar-refractivity contribution is 6.01. The van der Waals surface area contributed by atoms with Crippen LogP contribution in [0.25, 0.3) is 11.3 Å². The molecule has 2 heterocycles. The number of nitrogens with zero attached hydrogens (tertiary/aromatic N) is 1. The molecular weight excluding hydrogens is 288 g/mol. The number of hydrogen-bond donors (Lipinski definition) is 3. The number of ether oxygens (including phenoxy) is 2. The minimum atomic E-state index is -0.697. The van der Waals surface area contributed by atoms with Crippen molar-refractivity contribution >= 4 is 18.1 Å². The number of rotatable bonds is 4. The monoisotopic (exact) mass is 302 g/mol. The number of anilines is 1. The van der Waals surface area contributed by atoms with Gasteiger partial charge in [-0.3, -0.25) is 9.59 Å². The Labute approximate surface area is 125 Å². The Hall–Kier alpha value is -3.00. The van der Waals surface area contributed by atoms with E-state index in [9.17, 15) is 9.59 Å². The van der Waals surface area contributed by atoms with Gasteiger partial charge in [-0.1, -0.05) is 6.07 Å². The number of fused-ring (bicyclic) bond motifs is 1. The van der Waals surface area contributed by atoms with Crippen molar-refractivity contribution in [3.8, 4) is 22.8 Å². The van der Waals surface area contributed by atoms with Crippen LogP contribution in [-0.4, -0.2) is 30.5 Å². The van der Waals surface area contributed by atoms with Crippen LogP contribution in [0.3, 0.4) is 0 Å². The summed E-state index contributed by atoms with van der Waals surface area (Å²) in [4.78, 5) is 25.3. The zero-order valence-electron chi connectivity index (χ0n) is 11.5. The van der Waals surface area contributed by atoms with Crippen LogP contribution in [0.1, 0.15) is 10.4 Å². The van der Waals surface area contributed by atoms with Gasteiger partial charge in [-0.05, 0) is 18.2 Å². The minimum Gasteiger partial charge on any atom is -0.486 e. The van der Waals surface area contributed by atoms with Gasteiger partial charge >= 0.3 is 0 Å². The van der Waals surface area contributed by atoms with Crippen molar-refractivity contribution in [2.24, 2.45) is 11.6 Å². The van der Waals surface area contributed by atoms with Gasteiger partial charge in [-0.25, -0.2) is 10.9 Å². The molecule has 1 aliphatic heterocycles. The van der Waals surface area contributed by atoms with E-state index >= 15 is 0 Å². The molecule has 22 heavy (non-hydrogen) atoms. The van der Waals surface area contributed by atoms with Gasteiger partial charge in [-0.15, -0.1) is 0 Å². The summed E-state index contributed by atoms with van der Waals surface area (Å²) in [5, 5.41) is 0.760. The number of hydrazine groups is 1. The number of aromatic nitrogens is 1. The van der Waals surface area contributed by atoms with Crippen molar-refractivity contribution in [2.45, 2.75) is 0 Å². The van der Waals surface area contributed by atoms with Crippen LogP contribution in [0.15, 0.2) is 24.3 Å². The third-order valence-electron chi connectivity index (χ3n) is 3.29. The molecule has 8 heteroatoms. The maximum atomic E-state index is 11.5. The van der Waals surface area contributed by atoms with Crippen LogP contribution < -0.4 is 26.1 Å². The fourth-order valence-electron chi connectivity index (χ4n) is 2.32. The molecule has 8 nitrogen and oxygen atoms in total. The normalized spacial score (nSPS) is 12.8. The molecule has 2 amide bonds. The lowest BCUT2D eigenvalue weighted by Gasteiger charge is -2.20.